The molecular weight excluding hydrogens is 366 g/mol. The van der Waals surface area contributed by atoms with E-state index in [1.54, 1.807) is 0 Å². The summed E-state index contributed by atoms with van der Waals surface area (Å²) in [4.78, 5) is 13.4. The molecule has 0 fully saturated rings. The van der Waals surface area contributed by atoms with E-state index in [4.69, 9.17) is 16.6 Å². The molecule has 3 nitrogen and oxygen atoms in total. The summed E-state index contributed by atoms with van der Waals surface area (Å²) >= 11 is 5.93. The number of halogens is 1. The molecule has 0 heterocycles. The van der Waals surface area contributed by atoms with Gasteiger partial charge >= 0.3 is 0 Å². The molecule has 0 saturated heterocycles. The van der Waals surface area contributed by atoms with Gasteiger partial charge < -0.3 is 0 Å². The zero-order chi connectivity index (χ0) is 19.3. The third-order valence-electron chi connectivity index (χ3n) is 4.90. The van der Waals surface area contributed by atoms with Crippen molar-refractivity contribution in [3.05, 3.63) is 82.7 Å². The van der Waals surface area contributed by atoms with Crippen LogP contribution in [0.5, 0.6) is 0 Å². The Morgan fingerprint density at radius 3 is 2.50 bits per heavy atom. The Morgan fingerprint density at radius 1 is 0.964 bits per heavy atom. The average Bonchev–Trinajstić information content (AvgIpc) is 2.76. The molecule has 0 N–H and O–H groups in total. The molecule has 0 radical (unpaired) electrons. The zero-order valence-electron chi connectivity index (χ0n) is 15.4. The predicted molar refractivity (Wildman–Crippen MR) is 121 cm³/mol. The van der Waals surface area contributed by atoms with Crippen LogP contribution in [-0.2, 0) is 0 Å². The number of aliphatic imine (C=N–C) groups is 3. The summed E-state index contributed by atoms with van der Waals surface area (Å²) < 4.78 is 0. The Labute approximate surface area is 169 Å². The van der Waals surface area contributed by atoms with Crippen LogP contribution in [0.25, 0.3) is 22.9 Å². The van der Waals surface area contributed by atoms with Crippen molar-refractivity contribution in [3.8, 4) is 0 Å². The summed E-state index contributed by atoms with van der Waals surface area (Å²) in [6.45, 7) is 3.75. The molecule has 0 spiro atoms. The van der Waals surface area contributed by atoms with Crippen LogP contribution in [-0.4, -0.2) is 24.4 Å². The van der Waals surface area contributed by atoms with Gasteiger partial charge in [0.25, 0.3) is 0 Å². The smallest absolute Gasteiger partial charge is 0.157 e. The first-order valence-corrected chi connectivity index (χ1v) is 9.74. The Bertz CT molecular complexity index is 1210. The molecule has 138 valence electrons. The topological polar surface area (TPSA) is 37.1 Å². The third kappa shape index (κ3) is 3.80. The molecule has 1 atom stereocenters. The lowest BCUT2D eigenvalue weighted by atomic mass is 9.96. The van der Waals surface area contributed by atoms with E-state index in [2.05, 4.69) is 71.3 Å². The maximum atomic E-state index is 5.93. The lowest BCUT2D eigenvalue weighted by Crippen LogP contribution is -2.30. The van der Waals surface area contributed by atoms with Crippen LogP contribution in [0.4, 0.5) is 0 Å². The van der Waals surface area contributed by atoms with Crippen LogP contribution in [0.2, 0.25) is 0 Å². The molecule has 1 unspecified atom stereocenters. The maximum Gasteiger partial charge on any atom is 0.157 e. The van der Waals surface area contributed by atoms with E-state index in [1.165, 1.54) is 15.8 Å². The Kier molecular flexibility index (Phi) is 5.45. The van der Waals surface area contributed by atoms with Crippen molar-refractivity contribution in [1.29, 1.82) is 0 Å². The van der Waals surface area contributed by atoms with E-state index < -0.39 is 0 Å². The number of amidine groups is 2. The second-order valence-corrected chi connectivity index (χ2v) is 6.87. The monoisotopic (exact) mass is 385 g/mol. The molecular formula is C24H20ClN3. The van der Waals surface area contributed by atoms with Crippen LogP contribution in [0, 0.1) is 5.92 Å². The largest absolute Gasteiger partial charge is 0.250 e. The Balaban J connectivity index is 1.74. The summed E-state index contributed by atoms with van der Waals surface area (Å²) in [5.74, 6) is 1.30. The fourth-order valence-corrected chi connectivity index (χ4v) is 3.60. The molecule has 1 aliphatic carbocycles. The number of hydrogen-bond acceptors (Lipinski definition) is 1. The van der Waals surface area contributed by atoms with E-state index in [1.807, 2.05) is 24.3 Å². The standard InChI is InChI=1S/C24H20ClN3/c1-26-23(21-12-10-17-6-2-4-8-19(17)14-21)28-24(27-16-25)22-13-11-18-7-3-5-9-20(18)15-22/h2-11,13-15,21H,1,12,16H2/b27-24-,28-23-. The van der Waals surface area contributed by atoms with Crippen molar-refractivity contribution >= 4 is 52.9 Å². The number of rotatable bonds is 3. The highest BCUT2D eigenvalue weighted by Crippen LogP contribution is 2.18. The summed E-state index contributed by atoms with van der Waals surface area (Å²) in [5.41, 5.74) is 0.917. The fraction of sp³-hybridized carbons (Fsp3) is 0.125. The quantitative estimate of drug-likeness (QED) is 0.281. The molecule has 0 amide bonds. The SMILES string of the molecule is C=N/C(=N\C(=N/CCl)c1ccc2ccccc2c1)C1C=c2ccccc2=CC1. The summed E-state index contributed by atoms with van der Waals surface area (Å²) in [6.07, 6.45) is 5.25. The summed E-state index contributed by atoms with van der Waals surface area (Å²) in [5, 5.41) is 4.74. The molecule has 3 aromatic carbocycles. The van der Waals surface area contributed by atoms with Crippen molar-refractivity contribution in [2.45, 2.75) is 6.42 Å². The van der Waals surface area contributed by atoms with Crippen molar-refractivity contribution < 1.29 is 0 Å². The Morgan fingerprint density at radius 2 is 1.71 bits per heavy atom. The van der Waals surface area contributed by atoms with Gasteiger partial charge in [0.15, 0.2) is 5.84 Å². The molecule has 0 aliphatic heterocycles. The third-order valence-corrected chi connectivity index (χ3v) is 5.02. The molecule has 4 heteroatoms. The molecule has 0 bridgehead atoms. The number of alkyl halides is 1. The van der Waals surface area contributed by atoms with Gasteiger partial charge in [-0.25, -0.2) is 15.0 Å². The normalized spacial score (nSPS) is 16.8. The van der Waals surface area contributed by atoms with Gasteiger partial charge in [0.1, 0.15) is 11.8 Å². The number of fused-ring (bicyclic) bond motifs is 2. The maximum absolute atomic E-state index is 5.93. The number of nitrogens with zero attached hydrogens (tertiary/aromatic N) is 3. The van der Waals surface area contributed by atoms with E-state index >= 15 is 0 Å². The van der Waals surface area contributed by atoms with E-state index in [0.29, 0.717) is 11.7 Å². The zero-order valence-corrected chi connectivity index (χ0v) is 16.2. The average molecular weight is 386 g/mol. The van der Waals surface area contributed by atoms with Crippen molar-refractivity contribution in [2.75, 3.05) is 6.00 Å². The van der Waals surface area contributed by atoms with Gasteiger partial charge in [0, 0.05) is 11.5 Å². The second kappa shape index (κ2) is 8.32. The van der Waals surface area contributed by atoms with E-state index in [-0.39, 0.29) is 11.9 Å². The minimum Gasteiger partial charge on any atom is -0.250 e. The lowest BCUT2D eigenvalue weighted by molar-refractivity contribution is 0.932. The van der Waals surface area contributed by atoms with Crippen LogP contribution >= 0.6 is 11.6 Å². The second-order valence-electron chi connectivity index (χ2n) is 6.63. The molecule has 0 aromatic heterocycles. The Hall–Kier alpha value is -3.04. The first-order chi connectivity index (χ1) is 13.8. The number of benzene rings is 3. The van der Waals surface area contributed by atoms with Crippen LogP contribution in [0.3, 0.4) is 0 Å². The van der Waals surface area contributed by atoms with Crippen LogP contribution < -0.4 is 10.4 Å². The minimum absolute atomic E-state index is 0.0633. The van der Waals surface area contributed by atoms with Gasteiger partial charge in [-0.2, -0.15) is 0 Å². The fourth-order valence-electron chi connectivity index (χ4n) is 3.49. The van der Waals surface area contributed by atoms with Crippen LogP contribution in [0.1, 0.15) is 12.0 Å². The molecule has 28 heavy (non-hydrogen) atoms. The minimum atomic E-state index is 0.0633. The number of hydrogen-bond donors (Lipinski definition) is 0. The summed E-state index contributed by atoms with van der Waals surface area (Å²) in [7, 11) is 0. The van der Waals surface area contributed by atoms with Crippen molar-refractivity contribution in [3.63, 3.8) is 0 Å². The van der Waals surface area contributed by atoms with Gasteiger partial charge in [-0.15, -0.1) is 11.6 Å². The van der Waals surface area contributed by atoms with Gasteiger partial charge in [-0.1, -0.05) is 72.8 Å². The van der Waals surface area contributed by atoms with Crippen LogP contribution in [0.15, 0.2) is 81.7 Å². The van der Waals surface area contributed by atoms with Gasteiger partial charge in [-0.05, 0) is 40.4 Å². The van der Waals surface area contributed by atoms with Crippen molar-refractivity contribution in [2.24, 2.45) is 20.9 Å². The highest BCUT2D eigenvalue weighted by Gasteiger charge is 2.15. The molecule has 4 rings (SSSR count). The lowest BCUT2D eigenvalue weighted by Gasteiger charge is -2.14. The summed E-state index contributed by atoms with van der Waals surface area (Å²) in [6, 6.07) is 22.8. The van der Waals surface area contributed by atoms with Gasteiger partial charge in [0.05, 0.1) is 0 Å². The molecule has 0 saturated carbocycles. The van der Waals surface area contributed by atoms with Crippen molar-refractivity contribution in [1.82, 2.24) is 0 Å². The van der Waals surface area contributed by atoms with Gasteiger partial charge in [-0.3, -0.25) is 0 Å². The first-order valence-electron chi connectivity index (χ1n) is 9.20. The van der Waals surface area contributed by atoms with E-state index in [9.17, 15) is 0 Å². The molecule has 1 aliphatic rings. The predicted octanol–water partition coefficient (Wildman–Crippen LogP) is 4.16. The van der Waals surface area contributed by atoms with Gasteiger partial charge in [0.2, 0.25) is 0 Å². The highest BCUT2D eigenvalue weighted by atomic mass is 35.5. The highest BCUT2D eigenvalue weighted by molar-refractivity contribution is 6.19. The first kappa shape index (κ1) is 18.3. The van der Waals surface area contributed by atoms with E-state index in [0.717, 1.165) is 17.4 Å². The molecule has 3 aromatic rings.